The molecule has 0 unspecified atom stereocenters. The van der Waals surface area contributed by atoms with Crippen molar-refractivity contribution in [2.45, 2.75) is 6.54 Å². The third kappa shape index (κ3) is 3.74. The molecule has 5 rings (SSSR count). The van der Waals surface area contributed by atoms with Gasteiger partial charge in [0.1, 0.15) is 17.1 Å². The van der Waals surface area contributed by atoms with Gasteiger partial charge in [-0.2, -0.15) is 10.5 Å². The fourth-order valence-corrected chi connectivity index (χ4v) is 4.65. The number of hydrogen-bond donors (Lipinski definition) is 0. The predicted molar refractivity (Wildman–Crippen MR) is 121 cm³/mol. The van der Waals surface area contributed by atoms with Crippen LogP contribution in [0.5, 0.6) is 0 Å². The molecule has 1 aromatic carbocycles. The van der Waals surface area contributed by atoms with Gasteiger partial charge in [0.2, 0.25) is 0 Å². The Balaban J connectivity index is 0.00000245. The Morgan fingerprint density at radius 3 is 2.56 bits per heavy atom. The molecule has 0 fully saturated rings. The molecule has 0 spiro atoms. The Labute approximate surface area is 195 Å². The van der Waals surface area contributed by atoms with Crippen LogP contribution in [0.25, 0.3) is 27.4 Å². The minimum absolute atomic E-state index is 0. The third-order valence-electron chi connectivity index (χ3n) is 5.14. The second-order valence-electron chi connectivity index (χ2n) is 7.01. The highest BCUT2D eigenvalue weighted by atomic mass is 35.5. The van der Waals surface area contributed by atoms with Crippen molar-refractivity contribution in [1.29, 1.82) is 10.5 Å². The topological polar surface area (TPSA) is 68.8 Å². The predicted octanol–water partition coefficient (Wildman–Crippen LogP) is 1.82. The number of pyridine rings is 2. The molecular formula is C25H16ClN5S. The summed E-state index contributed by atoms with van der Waals surface area (Å²) >= 11 is 1.50. The van der Waals surface area contributed by atoms with Crippen LogP contribution < -0.4 is 17.0 Å². The maximum atomic E-state index is 9.95. The summed E-state index contributed by atoms with van der Waals surface area (Å²) in [5, 5.41) is 20.6. The van der Waals surface area contributed by atoms with Crippen LogP contribution in [0.4, 0.5) is 0 Å². The van der Waals surface area contributed by atoms with Gasteiger partial charge in [-0.25, -0.2) is 9.55 Å². The molecule has 154 valence electrons. The molecule has 5 aromatic rings. The maximum absolute atomic E-state index is 9.95. The number of hydrogen-bond acceptors (Lipinski definition) is 4. The van der Waals surface area contributed by atoms with Gasteiger partial charge in [0.15, 0.2) is 18.9 Å². The second-order valence-corrected chi connectivity index (χ2v) is 8.04. The van der Waals surface area contributed by atoms with E-state index in [9.17, 15) is 10.5 Å². The summed E-state index contributed by atoms with van der Waals surface area (Å²) < 4.78 is 5.04. The number of aromatic nitrogens is 3. The Morgan fingerprint density at radius 2 is 1.81 bits per heavy atom. The molecule has 0 N–H and O–H groups in total. The van der Waals surface area contributed by atoms with E-state index in [0.717, 1.165) is 27.0 Å². The Kier molecular flexibility index (Phi) is 6.00. The zero-order valence-electron chi connectivity index (χ0n) is 16.8. The van der Waals surface area contributed by atoms with Crippen LogP contribution in [0.15, 0.2) is 79.3 Å². The zero-order chi connectivity index (χ0) is 21.2. The average Bonchev–Trinajstić information content (AvgIpc) is 3.37. The smallest absolute Gasteiger partial charge is 0.177 e. The van der Waals surface area contributed by atoms with Gasteiger partial charge in [0, 0.05) is 18.3 Å². The maximum Gasteiger partial charge on any atom is 0.177 e. The summed E-state index contributed by atoms with van der Waals surface area (Å²) in [5.41, 5.74) is 4.49. The number of allylic oxidation sites excluding steroid dienone is 1. The normalized spacial score (nSPS) is 11.1. The summed E-state index contributed by atoms with van der Waals surface area (Å²) in [4.78, 5) is 4.65. The van der Waals surface area contributed by atoms with Crippen LogP contribution in [0, 0.1) is 22.7 Å². The van der Waals surface area contributed by atoms with Crippen molar-refractivity contribution in [3.8, 4) is 12.1 Å². The van der Waals surface area contributed by atoms with Gasteiger partial charge in [0.05, 0.1) is 38.1 Å². The van der Waals surface area contributed by atoms with Crippen LogP contribution >= 0.6 is 11.3 Å². The van der Waals surface area contributed by atoms with E-state index in [0.29, 0.717) is 22.7 Å². The van der Waals surface area contributed by atoms with Gasteiger partial charge in [-0.1, -0.05) is 24.3 Å². The minimum Gasteiger partial charge on any atom is -1.00 e. The molecule has 0 radical (unpaired) electrons. The van der Waals surface area contributed by atoms with E-state index in [-0.39, 0.29) is 12.4 Å². The molecule has 0 saturated carbocycles. The largest absolute Gasteiger partial charge is 1.00 e. The van der Waals surface area contributed by atoms with Gasteiger partial charge in [-0.3, -0.25) is 0 Å². The van der Waals surface area contributed by atoms with Gasteiger partial charge >= 0.3 is 0 Å². The number of halogens is 1. The van der Waals surface area contributed by atoms with E-state index < -0.39 is 0 Å². The molecule has 5 nitrogen and oxygen atoms in total. The quantitative estimate of drug-likeness (QED) is 0.308. The third-order valence-corrected chi connectivity index (χ3v) is 6.21. The average molecular weight is 454 g/mol. The molecule has 0 aliphatic heterocycles. The van der Waals surface area contributed by atoms with E-state index in [4.69, 9.17) is 0 Å². The van der Waals surface area contributed by atoms with E-state index >= 15 is 0 Å². The molecule has 0 saturated heterocycles. The summed E-state index contributed by atoms with van der Waals surface area (Å²) in [6, 6.07) is 24.2. The second kappa shape index (κ2) is 9.03. The monoisotopic (exact) mass is 453 g/mol. The van der Waals surface area contributed by atoms with Crippen molar-refractivity contribution in [3.05, 3.63) is 101 Å². The first kappa shape index (κ1) is 21.3. The highest BCUT2D eigenvalue weighted by molar-refractivity contribution is 7.19. The first-order valence-electron chi connectivity index (χ1n) is 9.72. The minimum atomic E-state index is 0. The molecule has 0 bridgehead atoms. The van der Waals surface area contributed by atoms with E-state index in [2.05, 4.69) is 17.1 Å². The molecule has 32 heavy (non-hydrogen) atoms. The first-order valence-corrected chi connectivity index (χ1v) is 10.5. The van der Waals surface area contributed by atoms with Crippen molar-refractivity contribution < 1.29 is 17.0 Å². The summed E-state index contributed by atoms with van der Waals surface area (Å²) in [6.07, 6.45) is 7.71. The van der Waals surface area contributed by atoms with Gasteiger partial charge < -0.3 is 16.8 Å². The van der Waals surface area contributed by atoms with Crippen LogP contribution in [-0.2, 0) is 6.54 Å². The van der Waals surface area contributed by atoms with Crippen molar-refractivity contribution in [3.63, 3.8) is 0 Å². The van der Waals surface area contributed by atoms with Crippen molar-refractivity contribution >= 4 is 38.7 Å². The fourth-order valence-electron chi connectivity index (χ4n) is 3.71. The molecule has 4 aromatic heterocycles. The van der Waals surface area contributed by atoms with E-state index in [1.54, 1.807) is 0 Å². The molecule has 0 aliphatic rings. The van der Waals surface area contributed by atoms with Gasteiger partial charge in [-0.15, -0.1) is 11.3 Å². The fraction of sp³-hybridized carbons (Fsp3) is 0.0400. The Hall–Kier alpha value is -3.97. The number of nitrogens with zero attached hydrogens (tertiary/aromatic N) is 5. The number of thiazole rings is 1. The van der Waals surface area contributed by atoms with E-state index in [1.807, 2.05) is 94.3 Å². The number of para-hydroxylation sites is 1. The molecule has 0 amide bonds. The molecule has 7 heteroatoms. The molecule has 0 aliphatic carbocycles. The Morgan fingerprint density at radius 1 is 1.03 bits per heavy atom. The summed E-state index contributed by atoms with van der Waals surface area (Å²) in [5.74, 6) is 0. The zero-order valence-corrected chi connectivity index (χ0v) is 18.4. The molecule has 4 heterocycles. The number of fused-ring (bicyclic) bond motifs is 2. The lowest BCUT2D eigenvalue weighted by Crippen LogP contribution is -3.00. The lowest BCUT2D eigenvalue weighted by atomic mass is 10.1. The number of nitriles is 2. The molecule has 0 atom stereocenters. The van der Waals surface area contributed by atoms with Crippen molar-refractivity contribution in [2.24, 2.45) is 0 Å². The van der Waals surface area contributed by atoms with Crippen LogP contribution in [0.1, 0.15) is 21.8 Å². The Bertz CT molecular complexity index is 1500. The summed E-state index contributed by atoms with van der Waals surface area (Å²) in [7, 11) is 0. The SMILES string of the molecule is N#CC(=Cc1c(C[n+]2ccccc2)c(C#N)c2ccccn12)c1nc2ccccc2s1.[Cl-]. The highest BCUT2D eigenvalue weighted by Crippen LogP contribution is 2.31. The van der Waals surface area contributed by atoms with Crippen LogP contribution in [0.2, 0.25) is 0 Å². The van der Waals surface area contributed by atoms with Crippen LogP contribution in [0.3, 0.4) is 0 Å². The molecular weight excluding hydrogens is 438 g/mol. The van der Waals surface area contributed by atoms with Crippen LogP contribution in [-0.4, -0.2) is 9.38 Å². The van der Waals surface area contributed by atoms with E-state index in [1.165, 1.54) is 11.3 Å². The standard InChI is InChI=1S/C25H16N5S.ClH/c26-15-18(25-28-21-8-2-3-10-24(21)31-25)14-23-20(17-29-11-5-1-6-12-29)19(16-27)22-9-4-7-13-30(22)23;/h1-14H,17H2;1H/q+1;/p-1. The lowest BCUT2D eigenvalue weighted by molar-refractivity contribution is -0.688. The first-order chi connectivity index (χ1) is 15.3. The lowest BCUT2D eigenvalue weighted by Gasteiger charge is -2.02. The summed E-state index contributed by atoms with van der Waals surface area (Å²) in [6.45, 7) is 0.524. The number of rotatable bonds is 4. The highest BCUT2D eigenvalue weighted by Gasteiger charge is 2.21. The number of benzene rings is 1. The van der Waals surface area contributed by atoms with Crippen molar-refractivity contribution in [2.75, 3.05) is 0 Å². The van der Waals surface area contributed by atoms with Gasteiger partial charge in [0.25, 0.3) is 0 Å². The van der Waals surface area contributed by atoms with Gasteiger partial charge in [-0.05, 0) is 30.3 Å². The van der Waals surface area contributed by atoms with Crippen molar-refractivity contribution in [1.82, 2.24) is 9.38 Å².